The SMILES string of the molecule is Cc1nn(C)c(Cl)c1CN1CC(C)CCC1C. The first kappa shape index (κ1) is 12.9. The summed E-state index contributed by atoms with van der Waals surface area (Å²) in [4.78, 5) is 2.53. The van der Waals surface area contributed by atoms with E-state index < -0.39 is 0 Å². The molecule has 0 radical (unpaired) electrons. The van der Waals surface area contributed by atoms with Crippen LogP contribution in [0.25, 0.3) is 0 Å². The van der Waals surface area contributed by atoms with E-state index in [1.807, 2.05) is 14.0 Å². The number of hydrogen-bond donors (Lipinski definition) is 0. The molecule has 3 nitrogen and oxygen atoms in total. The van der Waals surface area contributed by atoms with Gasteiger partial charge >= 0.3 is 0 Å². The molecule has 0 N–H and O–H groups in total. The van der Waals surface area contributed by atoms with Gasteiger partial charge in [-0.15, -0.1) is 0 Å². The van der Waals surface area contributed by atoms with Gasteiger partial charge in [0, 0.05) is 31.7 Å². The molecule has 2 heterocycles. The highest BCUT2D eigenvalue weighted by molar-refractivity contribution is 6.30. The highest BCUT2D eigenvalue weighted by atomic mass is 35.5. The predicted octanol–water partition coefficient (Wildman–Crippen LogP) is 3.00. The molecular weight excluding hydrogens is 234 g/mol. The average Bonchev–Trinajstić information content (AvgIpc) is 2.50. The lowest BCUT2D eigenvalue weighted by Gasteiger charge is -2.36. The summed E-state index contributed by atoms with van der Waals surface area (Å²) in [6.07, 6.45) is 2.63. The molecule has 2 unspecified atom stereocenters. The van der Waals surface area contributed by atoms with Crippen LogP contribution >= 0.6 is 11.6 Å². The van der Waals surface area contributed by atoms with Crippen LogP contribution in [0.4, 0.5) is 0 Å². The zero-order valence-corrected chi connectivity index (χ0v) is 12.0. The highest BCUT2D eigenvalue weighted by Gasteiger charge is 2.25. The number of aromatic nitrogens is 2. The van der Waals surface area contributed by atoms with E-state index in [1.54, 1.807) is 4.68 Å². The Labute approximate surface area is 109 Å². The van der Waals surface area contributed by atoms with E-state index in [2.05, 4.69) is 23.8 Å². The Kier molecular flexibility index (Phi) is 3.79. The van der Waals surface area contributed by atoms with Gasteiger partial charge in [-0.1, -0.05) is 18.5 Å². The molecular formula is C13H22ClN3. The maximum absolute atomic E-state index is 6.29. The molecule has 2 rings (SSSR count). The molecule has 1 aromatic heterocycles. The number of halogens is 1. The summed E-state index contributed by atoms with van der Waals surface area (Å²) in [7, 11) is 1.90. The second-order valence-corrected chi connectivity index (χ2v) is 5.80. The summed E-state index contributed by atoms with van der Waals surface area (Å²) in [5, 5.41) is 5.16. The molecule has 0 aliphatic carbocycles. The summed E-state index contributed by atoms with van der Waals surface area (Å²) in [6.45, 7) is 8.79. The van der Waals surface area contributed by atoms with Crippen molar-refractivity contribution in [3.05, 3.63) is 16.4 Å². The van der Waals surface area contributed by atoms with Crippen molar-refractivity contribution in [1.82, 2.24) is 14.7 Å². The zero-order valence-electron chi connectivity index (χ0n) is 11.2. The number of rotatable bonds is 2. The molecule has 2 atom stereocenters. The van der Waals surface area contributed by atoms with Gasteiger partial charge in [-0.2, -0.15) is 5.10 Å². The van der Waals surface area contributed by atoms with Gasteiger partial charge in [-0.25, -0.2) is 0 Å². The number of nitrogens with zero attached hydrogens (tertiary/aromatic N) is 3. The van der Waals surface area contributed by atoms with E-state index in [0.717, 1.165) is 23.3 Å². The quantitative estimate of drug-likeness (QED) is 0.810. The number of piperidine rings is 1. The molecule has 4 heteroatoms. The smallest absolute Gasteiger partial charge is 0.131 e. The Morgan fingerprint density at radius 2 is 2.06 bits per heavy atom. The van der Waals surface area contributed by atoms with Crippen molar-refractivity contribution in [3.8, 4) is 0 Å². The van der Waals surface area contributed by atoms with Crippen molar-refractivity contribution in [2.75, 3.05) is 6.54 Å². The summed E-state index contributed by atoms with van der Waals surface area (Å²) in [5.41, 5.74) is 2.25. The molecule has 1 aliphatic rings. The summed E-state index contributed by atoms with van der Waals surface area (Å²) >= 11 is 6.29. The van der Waals surface area contributed by atoms with Gasteiger partial charge in [0.2, 0.25) is 0 Å². The maximum atomic E-state index is 6.29. The van der Waals surface area contributed by atoms with Gasteiger partial charge in [0.15, 0.2) is 0 Å². The molecule has 1 saturated heterocycles. The fraction of sp³-hybridized carbons (Fsp3) is 0.769. The molecule has 1 aliphatic heterocycles. The Balaban J connectivity index is 2.14. The van der Waals surface area contributed by atoms with Crippen LogP contribution in [-0.2, 0) is 13.6 Å². The molecule has 0 aromatic carbocycles. The normalized spacial score (nSPS) is 26.4. The van der Waals surface area contributed by atoms with Crippen molar-refractivity contribution < 1.29 is 0 Å². The van der Waals surface area contributed by atoms with E-state index in [1.165, 1.54) is 24.9 Å². The van der Waals surface area contributed by atoms with Crippen LogP contribution in [0.5, 0.6) is 0 Å². The third kappa shape index (κ3) is 2.66. The lowest BCUT2D eigenvalue weighted by Crippen LogP contribution is -2.40. The summed E-state index contributed by atoms with van der Waals surface area (Å²) in [5.74, 6) is 0.793. The molecule has 0 amide bonds. The van der Waals surface area contributed by atoms with Crippen molar-refractivity contribution in [1.29, 1.82) is 0 Å². The van der Waals surface area contributed by atoms with Gasteiger partial charge in [-0.05, 0) is 32.6 Å². The van der Waals surface area contributed by atoms with E-state index >= 15 is 0 Å². The fourth-order valence-electron chi connectivity index (χ4n) is 2.66. The van der Waals surface area contributed by atoms with Crippen LogP contribution in [-0.4, -0.2) is 27.3 Å². The topological polar surface area (TPSA) is 21.1 Å². The number of likely N-dealkylation sites (tertiary alicyclic amines) is 1. The third-order valence-corrected chi connectivity index (χ3v) is 4.35. The van der Waals surface area contributed by atoms with Gasteiger partial charge < -0.3 is 0 Å². The standard InChI is InChI=1S/C13H22ClN3/c1-9-5-6-10(2)17(7-9)8-12-11(3)15-16(4)13(12)14/h9-10H,5-8H2,1-4H3. The van der Waals surface area contributed by atoms with E-state index in [4.69, 9.17) is 11.6 Å². The van der Waals surface area contributed by atoms with Crippen LogP contribution in [0.1, 0.15) is 37.9 Å². The Morgan fingerprint density at radius 3 is 2.65 bits per heavy atom. The van der Waals surface area contributed by atoms with E-state index in [0.29, 0.717) is 6.04 Å². The molecule has 0 bridgehead atoms. The first-order valence-corrected chi connectivity index (χ1v) is 6.79. The minimum Gasteiger partial charge on any atom is -0.296 e. The predicted molar refractivity (Wildman–Crippen MR) is 71.2 cm³/mol. The van der Waals surface area contributed by atoms with Crippen LogP contribution in [0, 0.1) is 12.8 Å². The third-order valence-electron chi connectivity index (χ3n) is 3.88. The molecule has 96 valence electrons. The van der Waals surface area contributed by atoms with E-state index in [-0.39, 0.29) is 0 Å². The van der Waals surface area contributed by atoms with Crippen LogP contribution in [0.15, 0.2) is 0 Å². The van der Waals surface area contributed by atoms with Crippen LogP contribution in [0.2, 0.25) is 5.15 Å². The van der Waals surface area contributed by atoms with Crippen molar-refractivity contribution in [3.63, 3.8) is 0 Å². The summed E-state index contributed by atoms with van der Waals surface area (Å²) in [6, 6.07) is 0.655. The molecule has 17 heavy (non-hydrogen) atoms. The van der Waals surface area contributed by atoms with Crippen molar-refractivity contribution >= 4 is 11.6 Å². The first-order valence-electron chi connectivity index (χ1n) is 6.41. The second kappa shape index (κ2) is 4.99. The fourth-order valence-corrected chi connectivity index (χ4v) is 2.89. The minimum atomic E-state index is 0.655. The molecule has 0 saturated carbocycles. The van der Waals surface area contributed by atoms with E-state index in [9.17, 15) is 0 Å². The van der Waals surface area contributed by atoms with Crippen molar-refractivity contribution in [2.45, 2.75) is 46.2 Å². The number of hydrogen-bond acceptors (Lipinski definition) is 2. The zero-order chi connectivity index (χ0) is 12.6. The largest absolute Gasteiger partial charge is 0.296 e. The van der Waals surface area contributed by atoms with Gasteiger partial charge in [0.05, 0.1) is 5.69 Å². The second-order valence-electron chi connectivity index (χ2n) is 5.44. The van der Waals surface area contributed by atoms with Gasteiger partial charge in [-0.3, -0.25) is 9.58 Å². The highest BCUT2D eigenvalue weighted by Crippen LogP contribution is 2.26. The maximum Gasteiger partial charge on any atom is 0.131 e. The lowest BCUT2D eigenvalue weighted by molar-refractivity contribution is 0.117. The average molecular weight is 256 g/mol. The summed E-state index contributed by atoms with van der Waals surface area (Å²) < 4.78 is 1.77. The van der Waals surface area contributed by atoms with Gasteiger partial charge in [0.1, 0.15) is 5.15 Å². The van der Waals surface area contributed by atoms with Gasteiger partial charge in [0.25, 0.3) is 0 Å². The molecule has 0 spiro atoms. The minimum absolute atomic E-state index is 0.655. The Hall–Kier alpha value is -0.540. The lowest BCUT2D eigenvalue weighted by atomic mass is 9.94. The van der Waals surface area contributed by atoms with Crippen LogP contribution < -0.4 is 0 Å². The molecule has 1 fully saturated rings. The molecule has 1 aromatic rings. The van der Waals surface area contributed by atoms with Crippen molar-refractivity contribution in [2.24, 2.45) is 13.0 Å². The number of aryl methyl sites for hydroxylation is 2. The monoisotopic (exact) mass is 255 g/mol. The van der Waals surface area contributed by atoms with Crippen LogP contribution in [0.3, 0.4) is 0 Å². The Morgan fingerprint density at radius 1 is 1.35 bits per heavy atom. The Bertz CT molecular complexity index is 400. The first-order chi connectivity index (χ1) is 7.99.